The van der Waals surface area contributed by atoms with Gasteiger partial charge in [0.05, 0.1) is 25.2 Å². The molecular formula is C44H42N6O6. The highest BCUT2D eigenvalue weighted by atomic mass is 16.5. The third-order valence-electron chi connectivity index (χ3n) is 9.63. The highest BCUT2D eigenvalue weighted by molar-refractivity contribution is 5.96. The summed E-state index contributed by atoms with van der Waals surface area (Å²) in [6.45, 7) is 4.03. The van der Waals surface area contributed by atoms with Gasteiger partial charge in [0.2, 0.25) is 11.8 Å². The van der Waals surface area contributed by atoms with Crippen LogP contribution in [0, 0.1) is 0 Å². The molecule has 0 bridgehead atoms. The summed E-state index contributed by atoms with van der Waals surface area (Å²) in [5.41, 5.74) is 7.41. The van der Waals surface area contributed by atoms with Crippen molar-refractivity contribution in [1.82, 2.24) is 29.7 Å². The second kappa shape index (κ2) is 18.2. The predicted octanol–water partition coefficient (Wildman–Crippen LogP) is 4.70. The molecule has 12 nitrogen and oxygen atoms in total. The van der Waals surface area contributed by atoms with Gasteiger partial charge in [-0.05, 0) is 71.4 Å². The van der Waals surface area contributed by atoms with Crippen LogP contribution in [0.3, 0.4) is 0 Å². The number of ether oxygens (including phenoxy) is 2. The zero-order chi connectivity index (χ0) is 38.7. The van der Waals surface area contributed by atoms with Gasteiger partial charge in [0.1, 0.15) is 25.9 Å². The van der Waals surface area contributed by atoms with Crippen molar-refractivity contribution >= 4 is 11.6 Å². The Kier molecular flexibility index (Phi) is 12.3. The van der Waals surface area contributed by atoms with Crippen molar-refractivity contribution in [2.45, 2.75) is 52.2 Å². The fourth-order valence-electron chi connectivity index (χ4n) is 6.48. The van der Waals surface area contributed by atoms with Gasteiger partial charge in [-0.1, -0.05) is 84.9 Å². The molecule has 0 spiro atoms. The lowest BCUT2D eigenvalue weighted by Gasteiger charge is -2.17. The van der Waals surface area contributed by atoms with E-state index in [9.17, 15) is 19.2 Å². The molecule has 4 aromatic carbocycles. The Morgan fingerprint density at radius 3 is 1.39 bits per heavy atom. The molecule has 2 aliphatic rings. The number of ketones is 2. The molecule has 0 unspecified atom stereocenters. The lowest BCUT2D eigenvalue weighted by Crippen LogP contribution is -2.26. The van der Waals surface area contributed by atoms with Crippen LogP contribution in [0.2, 0.25) is 0 Å². The monoisotopic (exact) mass is 750 g/mol. The largest absolute Gasteiger partial charge is 0.473 e. The molecule has 284 valence electrons. The Bertz CT molecular complexity index is 2260. The van der Waals surface area contributed by atoms with Crippen LogP contribution >= 0.6 is 0 Å². The van der Waals surface area contributed by atoms with Crippen LogP contribution in [0.5, 0.6) is 11.8 Å². The zero-order valence-corrected chi connectivity index (χ0v) is 30.9. The summed E-state index contributed by atoms with van der Waals surface area (Å²) in [5, 5.41) is 6.61. The van der Waals surface area contributed by atoms with E-state index in [1.54, 1.807) is 0 Å². The summed E-state index contributed by atoms with van der Waals surface area (Å²) in [6, 6.07) is 33.4. The van der Waals surface area contributed by atoms with E-state index >= 15 is 0 Å². The Hall–Kier alpha value is -6.50. The summed E-state index contributed by atoms with van der Waals surface area (Å²) in [6.07, 6.45) is 4.66. The van der Waals surface area contributed by atoms with E-state index in [1.807, 2.05) is 97.1 Å². The van der Waals surface area contributed by atoms with E-state index in [2.05, 4.69) is 20.6 Å². The van der Waals surface area contributed by atoms with Gasteiger partial charge in [0, 0.05) is 24.2 Å². The van der Waals surface area contributed by atoms with E-state index in [0.717, 1.165) is 61.3 Å². The van der Waals surface area contributed by atoms with Crippen LogP contribution in [0.15, 0.2) is 131 Å². The van der Waals surface area contributed by atoms with Gasteiger partial charge in [-0.3, -0.25) is 28.3 Å². The fourth-order valence-corrected chi connectivity index (χ4v) is 6.48. The van der Waals surface area contributed by atoms with Crippen LogP contribution in [0.1, 0.15) is 54.1 Å². The summed E-state index contributed by atoms with van der Waals surface area (Å²) >= 11 is 0. The van der Waals surface area contributed by atoms with E-state index in [4.69, 9.17) is 9.47 Å². The molecule has 0 radical (unpaired) electrons. The van der Waals surface area contributed by atoms with Crippen molar-refractivity contribution in [2.75, 3.05) is 13.1 Å². The average Bonchev–Trinajstić information content (AvgIpc) is 3.24. The summed E-state index contributed by atoms with van der Waals surface area (Å²) in [5.74, 6) is 0.264. The number of benzene rings is 4. The van der Waals surface area contributed by atoms with Gasteiger partial charge in [0.25, 0.3) is 11.1 Å². The predicted molar refractivity (Wildman–Crippen MR) is 211 cm³/mol. The maximum atomic E-state index is 12.6. The number of fused-ring (bicyclic) bond motifs is 2. The number of nitrogens with one attached hydrogen (secondary N) is 2. The third-order valence-corrected chi connectivity index (χ3v) is 9.63. The molecule has 8 rings (SSSR count). The lowest BCUT2D eigenvalue weighted by atomic mass is 9.97. The number of carbonyl (C=O) groups excluding carboxylic acids is 2. The van der Waals surface area contributed by atoms with Crippen molar-refractivity contribution in [2.24, 2.45) is 0 Å². The molecular weight excluding hydrogens is 709 g/mol. The van der Waals surface area contributed by atoms with Gasteiger partial charge in [-0.15, -0.1) is 0 Å². The van der Waals surface area contributed by atoms with Crippen molar-refractivity contribution < 1.29 is 19.1 Å². The molecule has 4 heterocycles. The standard InChI is InChI=1S/2C22H21N3O3/c2*26-20(18-7-6-17-8-9-23-12-19(17)10-18)13-25-15-24-21(11-22(25)27)28-14-16-4-2-1-3-5-16/h2*1-7,10-11,15,23H,8-9,12-14H2. The summed E-state index contributed by atoms with van der Waals surface area (Å²) < 4.78 is 13.7. The minimum Gasteiger partial charge on any atom is -0.473 e. The minimum absolute atomic E-state index is 0.0446. The molecule has 6 aromatic rings. The van der Waals surface area contributed by atoms with Crippen LogP contribution in [-0.4, -0.2) is 43.8 Å². The first-order valence-electron chi connectivity index (χ1n) is 18.6. The molecule has 2 aliphatic heterocycles. The maximum absolute atomic E-state index is 12.6. The molecule has 0 aliphatic carbocycles. The zero-order valence-electron chi connectivity index (χ0n) is 30.9. The van der Waals surface area contributed by atoms with E-state index in [0.29, 0.717) is 24.3 Å². The smallest absolute Gasteiger partial charge is 0.257 e. The molecule has 56 heavy (non-hydrogen) atoms. The van der Waals surface area contributed by atoms with E-state index < -0.39 is 0 Å². The molecule has 0 amide bonds. The molecule has 0 fully saturated rings. The van der Waals surface area contributed by atoms with Gasteiger partial charge >= 0.3 is 0 Å². The number of nitrogens with zero attached hydrogens (tertiary/aromatic N) is 4. The second-order valence-electron chi connectivity index (χ2n) is 13.6. The Labute approximate surface area is 323 Å². The summed E-state index contributed by atoms with van der Waals surface area (Å²) in [7, 11) is 0. The van der Waals surface area contributed by atoms with Crippen LogP contribution < -0.4 is 31.2 Å². The van der Waals surface area contributed by atoms with Gasteiger partial charge < -0.3 is 20.1 Å². The number of aromatic nitrogens is 4. The van der Waals surface area contributed by atoms with E-state index in [1.165, 1.54) is 45.0 Å². The first kappa shape index (κ1) is 37.8. The Morgan fingerprint density at radius 2 is 0.982 bits per heavy atom. The maximum Gasteiger partial charge on any atom is 0.257 e. The number of rotatable bonds is 12. The first-order chi connectivity index (χ1) is 27.4. The quantitative estimate of drug-likeness (QED) is 0.169. The van der Waals surface area contributed by atoms with Crippen molar-refractivity contribution in [3.63, 3.8) is 0 Å². The highest BCUT2D eigenvalue weighted by Gasteiger charge is 2.16. The van der Waals surface area contributed by atoms with Crippen LogP contribution in [0.25, 0.3) is 0 Å². The Morgan fingerprint density at radius 1 is 0.554 bits per heavy atom. The molecule has 2 N–H and O–H groups in total. The third kappa shape index (κ3) is 9.97. The molecule has 0 saturated heterocycles. The lowest BCUT2D eigenvalue weighted by molar-refractivity contribution is 0.0962. The fraction of sp³-hybridized carbons (Fsp3) is 0.227. The number of hydrogen-bond acceptors (Lipinski definition) is 10. The second-order valence-corrected chi connectivity index (χ2v) is 13.6. The number of hydrogen-bond donors (Lipinski definition) is 2. The van der Waals surface area contributed by atoms with Crippen molar-refractivity contribution in [3.05, 3.63) is 187 Å². The van der Waals surface area contributed by atoms with Crippen LogP contribution in [0.4, 0.5) is 0 Å². The van der Waals surface area contributed by atoms with Gasteiger partial charge in [0.15, 0.2) is 11.6 Å². The number of carbonyl (C=O) groups is 2. The number of Topliss-reactive ketones (excluding diaryl/α,β-unsaturated/α-hetero) is 2. The molecule has 0 saturated carbocycles. The summed E-state index contributed by atoms with van der Waals surface area (Å²) in [4.78, 5) is 58.2. The highest BCUT2D eigenvalue weighted by Crippen LogP contribution is 2.18. The Balaban J connectivity index is 0.000000172. The van der Waals surface area contributed by atoms with Crippen LogP contribution in [-0.2, 0) is 52.2 Å². The van der Waals surface area contributed by atoms with Gasteiger partial charge in [-0.25, -0.2) is 9.97 Å². The first-order valence-corrected chi connectivity index (χ1v) is 18.6. The minimum atomic E-state index is -0.314. The molecule has 2 aromatic heterocycles. The van der Waals surface area contributed by atoms with E-state index in [-0.39, 0.29) is 47.5 Å². The van der Waals surface area contributed by atoms with Crippen molar-refractivity contribution in [3.8, 4) is 11.8 Å². The molecule has 0 atom stereocenters. The average molecular weight is 751 g/mol. The van der Waals surface area contributed by atoms with Gasteiger partial charge in [-0.2, -0.15) is 0 Å². The molecule has 12 heteroatoms. The SMILES string of the molecule is O=C(Cn1cnc(OCc2ccccc2)cc1=O)c1ccc2c(c1)CNCC2.O=C(Cn1cnc(OCc2ccccc2)cc1=O)c1ccc2c(c1)CNCC2. The topological polar surface area (TPSA) is 146 Å². The van der Waals surface area contributed by atoms with Crippen molar-refractivity contribution in [1.29, 1.82) is 0 Å². The normalized spacial score (nSPS) is 13.0.